The largest absolute Gasteiger partial charge is 0.454 e. The Kier molecular flexibility index (Phi) is 7.57. The lowest BCUT2D eigenvalue weighted by Gasteiger charge is -2.44. The Hall–Kier alpha value is -4.41. The number of anilines is 2. The van der Waals surface area contributed by atoms with Crippen LogP contribution >= 0.6 is 0 Å². The minimum Gasteiger partial charge on any atom is -0.454 e. The molecular weight excluding hydrogens is 549 g/mol. The first-order chi connectivity index (χ1) is 20.5. The van der Waals surface area contributed by atoms with Crippen molar-refractivity contribution in [2.45, 2.75) is 66.2 Å². The van der Waals surface area contributed by atoms with Gasteiger partial charge in [-0.25, -0.2) is 9.37 Å². The average Bonchev–Trinajstić information content (AvgIpc) is 3.59. The number of halogens is 1. The van der Waals surface area contributed by atoms with Crippen molar-refractivity contribution in [1.82, 2.24) is 24.4 Å². The van der Waals surface area contributed by atoms with E-state index < -0.39 is 0 Å². The normalized spacial score (nSPS) is 18.4. The molecule has 226 valence electrons. The van der Waals surface area contributed by atoms with E-state index in [2.05, 4.69) is 49.8 Å². The van der Waals surface area contributed by atoms with E-state index in [0.717, 1.165) is 22.6 Å². The highest BCUT2D eigenvalue weighted by Crippen LogP contribution is 2.33. The van der Waals surface area contributed by atoms with Crippen molar-refractivity contribution in [3.63, 3.8) is 0 Å². The van der Waals surface area contributed by atoms with Crippen molar-refractivity contribution in [1.29, 1.82) is 0 Å². The second kappa shape index (κ2) is 11.3. The molecule has 1 N–H and O–H groups in total. The molecule has 0 radical (unpaired) electrons. The highest BCUT2D eigenvalue weighted by atomic mass is 19.1. The zero-order valence-corrected chi connectivity index (χ0v) is 25.3. The Labute approximate surface area is 250 Å². The van der Waals surface area contributed by atoms with Crippen molar-refractivity contribution >= 4 is 28.8 Å². The summed E-state index contributed by atoms with van der Waals surface area (Å²) in [5.74, 6) is 2.54. The van der Waals surface area contributed by atoms with E-state index in [1.807, 2.05) is 27.7 Å². The Morgan fingerprint density at radius 3 is 2.51 bits per heavy atom. The van der Waals surface area contributed by atoms with Crippen LogP contribution in [0.3, 0.4) is 0 Å². The Morgan fingerprint density at radius 2 is 1.74 bits per heavy atom. The Bertz CT molecular complexity index is 1630. The van der Waals surface area contributed by atoms with Gasteiger partial charge in [0.1, 0.15) is 5.82 Å². The van der Waals surface area contributed by atoms with E-state index in [0.29, 0.717) is 55.5 Å². The third-order valence-electron chi connectivity index (χ3n) is 7.86. The number of carbonyl (C=O) groups excluding carboxylic acids is 1. The van der Waals surface area contributed by atoms with Gasteiger partial charge in [-0.05, 0) is 54.7 Å². The van der Waals surface area contributed by atoms with Crippen molar-refractivity contribution in [3.05, 3.63) is 65.7 Å². The summed E-state index contributed by atoms with van der Waals surface area (Å²) in [5, 5.41) is 3.47. The number of amides is 1. The predicted octanol–water partition coefficient (Wildman–Crippen LogP) is 5.22. The number of hydrogen-bond acceptors (Lipinski definition) is 8. The number of rotatable bonds is 7. The first-order valence-electron chi connectivity index (χ1n) is 14.7. The molecule has 1 fully saturated rings. The SMILES string of the molecule is CC1CN(c2nc(NCc3ccc4c(c3)OCO4)c3ncn(Cc4ccc(F)cc4)c3n2)C(C)CN1C(=O)CC(C)(C)C. The van der Waals surface area contributed by atoms with Gasteiger partial charge in [0, 0.05) is 38.1 Å². The third kappa shape index (κ3) is 6.21. The summed E-state index contributed by atoms with van der Waals surface area (Å²) in [4.78, 5) is 32.0. The number of nitrogens with zero attached hydrogens (tertiary/aromatic N) is 6. The van der Waals surface area contributed by atoms with Crippen molar-refractivity contribution in [2.24, 2.45) is 5.41 Å². The van der Waals surface area contributed by atoms with E-state index in [1.165, 1.54) is 12.1 Å². The summed E-state index contributed by atoms with van der Waals surface area (Å²) in [6.07, 6.45) is 2.25. The average molecular weight is 588 g/mol. The van der Waals surface area contributed by atoms with Gasteiger partial charge in [-0.2, -0.15) is 9.97 Å². The molecule has 0 aliphatic carbocycles. The molecular formula is C32H38FN7O3. The quantitative estimate of drug-likeness (QED) is 0.315. The predicted molar refractivity (Wildman–Crippen MR) is 163 cm³/mol. The van der Waals surface area contributed by atoms with Gasteiger partial charge in [-0.15, -0.1) is 0 Å². The minimum absolute atomic E-state index is 0.000449. The molecule has 4 aromatic rings. The van der Waals surface area contributed by atoms with Crippen LogP contribution in [-0.4, -0.2) is 62.3 Å². The molecule has 0 spiro atoms. The van der Waals surface area contributed by atoms with E-state index in [1.54, 1.807) is 18.5 Å². The smallest absolute Gasteiger partial charge is 0.231 e. The van der Waals surface area contributed by atoms with Gasteiger partial charge in [0.05, 0.1) is 12.9 Å². The molecule has 1 amide bonds. The van der Waals surface area contributed by atoms with Crippen LogP contribution in [0, 0.1) is 11.2 Å². The standard InChI is InChI=1S/C32H38FN7O3/c1-20-16-40(21(2)15-39(20)27(41)13-32(3,4)5)31-36-29(34-14-23-8-11-25-26(12-23)43-19-42-25)28-30(37-31)38(18-35-28)17-22-6-9-24(33)10-7-22/h6-12,18,20-21H,13-17,19H2,1-5H3,(H,34,36,37). The molecule has 2 unspecified atom stereocenters. The summed E-state index contributed by atoms with van der Waals surface area (Å²) < 4.78 is 26.5. The fourth-order valence-corrected chi connectivity index (χ4v) is 5.63. The van der Waals surface area contributed by atoms with Crippen LogP contribution in [0.25, 0.3) is 11.2 Å². The molecule has 2 aliphatic heterocycles. The van der Waals surface area contributed by atoms with Crippen LogP contribution in [0.1, 0.15) is 52.2 Å². The van der Waals surface area contributed by atoms with Gasteiger partial charge in [0.15, 0.2) is 28.5 Å². The second-order valence-corrected chi connectivity index (χ2v) is 12.7. The maximum atomic E-state index is 13.6. The first kappa shape index (κ1) is 28.7. The summed E-state index contributed by atoms with van der Waals surface area (Å²) in [6, 6.07) is 12.3. The Morgan fingerprint density at radius 1 is 1.00 bits per heavy atom. The van der Waals surface area contributed by atoms with Crippen molar-refractivity contribution in [3.8, 4) is 11.5 Å². The molecule has 10 nitrogen and oxygen atoms in total. The second-order valence-electron chi connectivity index (χ2n) is 12.7. The van der Waals surface area contributed by atoms with Gasteiger partial charge in [-0.3, -0.25) is 4.79 Å². The van der Waals surface area contributed by atoms with E-state index >= 15 is 0 Å². The van der Waals surface area contributed by atoms with Crippen molar-refractivity contribution in [2.75, 3.05) is 30.1 Å². The number of nitrogens with one attached hydrogen (secondary N) is 1. The topological polar surface area (TPSA) is 97.6 Å². The number of aromatic nitrogens is 4. The number of fused-ring (bicyclic) bond motifs is 2. The number of hydrogen-bond donors (Lipinski definition) is 1. The van der Waals surface area contributed by atoms with Gasteiger partial charge in [0.2, 0.25) is 18.6 Å². The van der Waals surface area contributed by atoms with Crippen LogP contribution in [0.15, 0.2) is 48.8 Å². The van der Waals surface area contributed by atoms with E-state index in [9.17, 15) is 9.18 Å². The van der Waals surface area contributed by atoms with Crippen molar-refractivity contribution < 1.29 is 18.7 Å². The molecule has 2 aromatic carbocycles. The number of carbonyl (C=O) groups is 1. The van der Waals surface area contributed by atoms with Crippen LogP contribution in [0.5, 0.6) is 11.5 Å². The van der Waals surface area contributed by atoms with Gasteiger partial charge >= 0.3 is 0 Å². The number of imidazole rings is 1. The lowest BCUT2D eigenvalue weighted by molar-refractivity contribution is -0.136. The van der Waals surface area contributed by atoms with Gasteiger partial charge in [-0.1, -0.05) is 39.0 Å². The summed E-state index contributed by atoms with van der Waals surface area (Å²) in [7, 11) is 0. The summed E-state index contributed by atoms with van der Waals surface area (Å²) in [5.41, 5.74) is 3.19. The maximum absolute atomic E-state index is 13.6. The third-order valence-corrected chi connectivity index (χ3v) is 7.86. The molecule has 2 atom stereocenters. The van der Waals surface area contributed by atoms with E-state index in [-0.39, 0.29) is 36.0 Å². The lowest BCUT2D eigenvalue weighted by atomic mass is 9.91. The van der Waals surface area contributed by atoms with Crippen LogP contribution < -0.4 is 19.7 Å². The van der Waals surface area contributed by atoms with Gasteiger partial charge in [0.25, 0.3) is 0 Å². The molecule has 0 saturated carbocycles. The van der Waals surface area contributed by atoms with Crippen LogP contribution in [0.2, 0.25) is 0 Å². The monoisotopic (exact) mass is 587 g/mol. The summed E-state index contributed by atoms with van der Waals surface area (Å²) in [6.45, 7) is 12.8. The lowest BCUT2D eigenvalue weighted by Crippen LogP contribution is -2.59. The Balaban J connectivity index is 1.31. The first-order valence-corrected chi connectivity index (χ1v) is 14.7. The minimum atomic E-state index is -0.276. The molecule has 11 heteroatoms. The molecule has 0 bridgehead atoms. The molecule has 43 heavy (non-hydrogen) atoms. The number of piperazine rings is 1. The molecule has 2 aliphatic rings. The zero-order chi connectivity index (χ0) is 30.3. The van der Waals surface area contributed by atoms with E-state index in [4.69, 9.17) is 19.4 Å². The summed E-state index contributed by atoms with van der Waals surface area (Å²) >= 11 is 0. The number of ether oxygens (including phenoxy) is 2. The van der Waals surface area contributed by atoms with Crippen LogP contribution in [-0.2, 0) is 17.9 Å². The fourth-order valence-electron chi connectivity index (χ4n) is 5.63. The van der Waals surface area contributed by atoms with Gasteiger partial charge < -0.3 is 29.2 Å². The fraction of sp³-hybridized carbons (Fsp3) is 0.438. The zero-order valence-electron chi connectivity index (χ0n) is 25.3. The maximum Gasteiger partial charge on any atom is 0.231 e. The molecule has 1 saturated heterocycles. The number of benzene rings is 2. The van der Waals surface area contributed by atoms with Crippen LogP contribution in [0.4, 0.5) is 16.2 Å². The highest BCUT2D eigenvalue weighted by molar-refractivity contribution is 5.84. The molecule has 2 aromatic heterocycles. The molecule has 4 heterocycles. The highest BCUT2D eigenvalue weighted by Gasteiger charge is 2.35. The molecule has 6 rings (SSSR count).